The Morgan fingerprint density at radius 1 is 1.09 bits per heavy atom. The molecule has 0 radical (unpaired) electrons. The normalized spacial score (nSPS) is 13.1. The minimum Gasteiger partial charge on any atom is -0.369 e. The van der Waals surface area contributed by atoms with Crippen LogP contribution in [0.15, 0.2) is 42.5 Å². The molecule has 2 rings (SSSR count). The number of nitrogens with zero attached hydrogens (tertiary/aromatic N) is 1. The van der Waals surface area contributed by atoms with Crippen molar-refractivity contribution in [2.24, 2.45) is 0 Å². The zero-order valence-electron chi connectivity index (χ0n) is 13.2. The van der Waals surface area contributed by atoms with Gasteiger partial charge in [0.2, 0.25) is 0 Å². The van der Waals surface area contributed by atoms with Crippen LogP contribution in [0.3, 0.4) is 0 Å². The third-order valence-corrected chi connectivity index (χ3v) is 4.09. The molecule has 0 heterocycles. The van der Waals surface area contributed by atoms with Crippen LogP contribution < -0.4 is 0 Å². The first-order valence-electron chi connectivity index (χ1n) is 7.53. The van der Waals surface area contributed by atoms with E-state index in [0.29, 0.717) is 11.1 Å². The summed E-state index contributed by atoms with van der Waals surface area (Å²) in [6.07, 6.45) is 7.35. The Bertz CT molecular complexity index is 759. The van der Waals surface area contributed by atoms with E-state index in [2.05, 4.69) is 19.8 Å². The van der Waals surface area contributed by atoms with Gasteiger partial charge in [0, 0.05) is 23.3 Å². The molecule has 0 amide bonds. The number of hydrogen-bond acceptors (Lipinski definition) is 3. The Labute approximate surface area is 135 Å². The van der Waals surface area contributed by atoms with Crippen LogP contribution in [0.1, 0.15) is 36.1 Å². The lowest BCUT2D eigenvalue weighted by Crippen LogP contribution is -2.25. The number of aryl methyl sites for hydroxylation is 2. The summed E-state index contributed by atoms with van der Waals surface area (Å²) in [6.45, 7) is 4.14. The third kappa shape index (κ3) is 3.10. The van der Waals surface area contributed by atoms with E-state index in [9.17, 15) is 15.2 Å². The fourth-order valence-corrected chi connectivity index (χ4v) is 2.68. The van der Waals surface area contributed by atoms with Gasteiger partial charge in [-0.25, -0.2) is 0 Å². The minimum absolute atomic E-state index is 0.0382. The molecule has 118 valence electrons. The molecular formula is C19H19NO3. The molecule has 0 aliphatic rings. The van der Waals surface area contributed by atoms with Crippen molar-refractivity contribution >= 4 is 5.69 Å². The van der Waals surface area contributed by atoms with Gasteiger partial charge in [0.05, 0.1) is 4.92 Å². The molecule has 1 unspecified atom stereocenters. The summed E-state index contributed by atoms with van der Waals surface area (Å²) in [5.74, 6) is 2.43. The van der Waals surface area contributed by atoms with E-state index < -0.39 is 10.5 Å². The molecule has 0 bridgehead atoms. The summed E-state index contributed by atoms with van der Waals surface area (Å²) in [5.41, 5.74) is 1.76. The topological polar surface area (TPSA) is 63.4 Å². The third-order valence-electron chi connectivity index (χ3n) is 4.09. The van der Waals surface area contributed by atoms with Crippen molar-refractivity contribution in [3.63, 3.8) is 0 Å². The van der Waals surface area contributed by atoms with Crippen molar-refractivity contribution in [3.8, 4) is 12.3 Å². The second kappa shape index (κ2) is 6.64. The maximum absolute atomic E-state index is 11.0. The van der Waals surface area contributed by atoms with Gasteiger partial charge in [-0.1, -0.05) is 38.0 Å². The molecule has 0 spiro atoms. The first-order valence-corrected chi connectivity index (χ1v) is 7.53. The summed E-state index contributed by atoms with van der Waals surface area (Å²) in [7, 11) is 0. The van der Waals surface area contributed by atoms with Crippen molar-refractivity contribution < 1.29 is 10.0 Å². The van der Waals surface area contributed by atoms with Gasteiger partial charge in [0.25, 0.3) is 5.69 Å². The SMILES string of the molecule is C#CC(O)(c1ccc([N+](=O)[O-])cc1)c1ccc(CC)c(CC)c1. The van der Waals surface area contributed by atoms with Crippen molar-refractivity contribution in [3.05, 3.63) is 74.8 Å². The molecule has 0 saturated carbocycles. The number of terminal acetylenes is 1. The molecule has 2 aromatic rings. The number of hydrogen-bond donors (Lipinski definition) is 1. The fourth-order valence-electron chi connectivity index (χ4n) is 2.68. The second-order valence-electron chi connectivity index (χ2n) is 5.35. The van der Waals surface area contributed by atoms with E-state index in [1.807, 2.05) is 18.2 Å². The van der Waals surface area contributed by atoms with E-state index in [0.717, 1.165) is 18.4 Å². The highest BCUT2D eigenvalue weighted by molar-refractivity contribution is 5.48. The van der Waals surface area contributed by atoms with Crippen molar-refractivity contribution in [2.45, 2.75) is 32.3 Å². The van der Waals surface area contributed by atoms with Gasteiger partial charge in [-0.3, -0.25) is 10.1 Å². The quantitative estimate of drug-likeness (QED) is 0.521. The van der Waals surface area contributed by atoms with Crippen LogP contribution in [0.2, 0.25) is 0 Å². The number of non-ortho nitro benzene ring substituents is 1. The molecule has 4 heteroatoms. The van der Waals surface area contributed by atoms with Crippen LogP contribution in [-0.4, -0.2) is 10.0 Å². The van der Waals surface area contributed by atoms with Gasteiger partial charge >= 0.3 is 0 Å². The Morgan fingerprint density at radius 2 is 1.65 bits per heavy atom. The predicted octanol–water partition coefficient (Wildman–Crippen LogP) is 3.59. The summed E-state index contributed by atoms with van der Waals surface area (Å²) < 4.78 is 0. The van der Waals surface area contributed by atoms with Gasteiger partial charge in [0.15, 0.2) is 5.60 Å². The smallest absolute Gasteiger partial charge is 0.269 e. The molecule has 0 aliphatic heterocycles. The molecule has 0 fully saturated rings. The first-order chi connectivity index (χ1) is 11.0. The zero-order chi connectivity index (χ0) is 17.0. The Morgan fingerprint density at radius 3 is 2.13 bits per heavy atom. The monoisotopic (exact) mass is 309 g/mol. The molecule has 23 heavy (non-hydrogen) atoms. The highest BCUT2D eigenvalue weighted by Crippen LogP contribution is 2.31. The van der Waals surface area contributed by atoms with Crippen LogP contribution in [-0.2, 0) is 18.4 Å². The molecule has 4 nitrogen and oxygen atoms in total. The van der Waals surface area contributed by atoms with Crippen molar-refractivity contribution in [1.29, 1.82) is 0 Å². The van der Waals surface area contributed by atoms with Crippen LogP contribution >= 0.6 is 0 Å². The van der Waals surface area contributed by atoms with Crippen molar-refractivity contribution in [2.75, 3.05) is 0 Å². The number of aliphatic hydroxyl groups is 1. The largest absolute Gasteiger partial charge is 0.369 e. The molecule has 0 saturated heterocycles. The van der Waals surface area contributed by atoms with Gasteiger partial charge < -0.3 is 5.11 Å². The standard InChI is InChI=1S/C19H19NO3/c1-4-14-7-8-17(13-15(14)5-2)19(21,6-3)16-9-11-18(12-10-16)20(22)23/h3,7-13,21H,4-5H2,1-2H3. The van der Waals surface area contributed by atoms with Crippen LogP contribution in [0, 0.1) is 22.5 Å². The number of nitro groups is 1. The van der Waals surface area contributed by atoms with E-state index in [1.54, 1.807) is 0 Å². The average molecular weight is 309 g/mol. The molecule has 0 aliphatic carbocycles. The lowest BCUT2D eigenvalue weighted by Gasteiger charge is -2.24. The van der Waals surface area contributed by atoms with Gasteiger partial charge in [-0.15, -0.1) is 6.42 Å². The van der Waals surface area contributed by atoms with E-state index >= 15 is 0 Å². The van der Waals surface area contributed by atoms with Gasteiger partial charge in [-0.05, 0) is 36.1 Å². The first kappa shape index (κ1) is 16.7. The Kier molecular flexibility index (Phi) is 4.83. The summed E-state index contributed by atoms with van der Waals surface area (Å²) in [5, 5.41) is 21.7. The maximum atomic E-state index is 11.0. The minimum atomic E-state index is -1.61. The Balaban J connectivity index is 2.52. The molecule has 1 N–H and O–H groups in total. The zero-order valence-corrected chi connectivity index (χ0v) is 13.2. The maximum Gasteiger partial charge on any atom is 0.269 e. The van der Waals surface area contributed by atoms with Crippen LogP contribution in [0.4, 0.5) is 5.69 Å². The molecule has 0 aromatic heterocycles. The Hall–Kier alpha value is -2.64. The summed E-state index contributed by atoms with van der Waals surface area (Å²) in [6, 6.07) is 11.4. The number of nitro benzene ring substituents is 1. The number of rotatable bonds is 5. The molecule has 2 aromatic carbocycles. The fraction of sp³-hybridized carbons (Fsp3) is 0.263. The lowest BCUT2D eigenvalue weighted by atomic mass is 9.85. The van der Waals surface area contributed by atoms with Gasteiger partial charge in [-0.2, -0.15) is 0 Å². The van der Waals surface area contributed by atoms with E-state index in [4.69, 9.17) is 6.42 Å². The predicted molar refractivity (Wildman–Crippen MR) is 90.1 cm³/mol. The highest BCUT2D eigenvalue weighted by atomic mass is 16.6. The summed E-state index contributed by atoms with van der Waals surface area (Å²) >= 11 is 0. The van der Waals surface area contributed by atoms with Crippen molar-refractivity contribution in [1.82, 2.24) is 0 Å². The second-order valence-corrected chi connectivity index (χ2v) is 5.35. The highest BCUT2D eigenvalue weighted by Gasteiger charge is 2.30. The van der Waals surface area contributed by atoms with Gasteiger partial charge in [0.1, 0.15) is 0 Å². The number of benzene rings is 2. The average Bonchev–Trinajstić information content (AvgIpc) is 2.60. The summed E-state index contributed by atoms with van der Waals surface area (Å²) in [4.78, 5) is 10.3. The molecular weight excluding hydrogens is 290 g/mol. The van der Waals surface area contributed by atoms with Crippen LogP contribution in [0.5, 0.6) is 0 Å². The van der Waals surface area contributed by atoms with E-state index in [-0.39, 0.29) is 5.69 Å². The van der Waals surface area contributed by atoms with Crippen LogP contribution in [0.25, 0.3) is 0 Å². The molecule has 1 atom stereocenters. The lowest BCUT2D eigenvalue weighted by molar-refractivity contribution is -0.384. The van der Waals surface area contributed by atoms with E-state index in [1.165, 1.54) is 29.8 Å².